The smallest absolute Gasteiger partial charge is 0.347 e. The number of phenolic OH excluding ortho intramolecular Hbond substituents is 1. The van der Waals surface area contributed by atoms with Crippen LogP contribution in [0.5, 0.6) is 28.7 Å². The first-order chi connectivity index (χ1) is 24.5. The number of hydrogen-bond donors (Lipinski definition) is 4. The number of carboxylic acid groups (broad SMARTS) is 2. The standard InChI is InChI=1S/C22H16O12.C15H20O3/c1-8-5-12(24)10(6-23)19-15(8)22(31)34-20-11(7-32-14(27)4-3-13(25)26)17(28)16(21(29)30)9(2)18(20)33-19;1-9-5-4-8-15(3)13(18-15)12-11(7-6-9)10(2)14(16)17-12/h3-6,24,28H,7H2,1-2H3,(H,25,26)(H,29,30);5,11-13H,2,4,6-8H2,1,3H3. The van der Waals surface area contributed by atoms with E-state index in [2.05, 4.69) is 26.5 Å². The van der Waals surface area contributed by atoms with Crippen LogP contribution in [-0.2, 0) is 35.2 Å². The zero-order chi connectivity index (χ0) is 38.2. The molecule has 2 aromatic carbocycles. The molecule has 0 spiro atoms. The molecule has 274 valence electrons. The van der Waals surface area contributed by atoms with Gasteiger partial charge in [0.05, 0.1) is 16.7 Å². The molecule has 2 fully saturated rings. The van der Waals surface area contributed by atoms with Crippen molar-refractivity contribution < 1.29 is 72.9 Å². The highest BCUT2D eigenvalue weighted by molar-refractivity contribution is 6.03. The minimum absolute atomic E-state index is 0.0671. The van der Waals surface area contributed by atoms with Crippen molar-refractivity contribution in [2.24, 2.45) is 5.92 Å². The number of carbonyl (C=O) groups is 6. The SMILES string of the molecule is C=C1C(=O)OC2C1CCC(C)=CCCC1(C)OC21.Cc1cc(O)c(C=O)c2c1C(=O)Oc1c(COC(=O)C=CC(=O)O)c(O)c(C(=O)O)c(C)c1O2. The second-order valence-electron chi connectivity index (χ2n) is 13.0. The number of aliphatic carboxylic acids is 1. The number of phenols is 2. The number of aryl methyl sites for hydroxylation is 1. The molecule has 4 atom stereocenters. The molecule has 6 rings (SSSR count). The predicted molar refractivity (Wildman–Crippen MR) is 178 cm³/mol. The molecule has 0 bridgehead atoms. The van der Waals surface area contributed by atoms with Gasteiger partial charge in [0, 0.05) is 29.2 Å². The monoisotopic (exact) mass is 720 g/mol. The maximum absolute atomic E-state index is 12.9. The summed E-state index contributed by atoms with van der Waals surface area (Å²) in [5, 5.41) is 38.9. The number of esters is 3. The van der Waals surface area contributed by atoms with Crippen LogP contribution in [0.1, 0.15) is 87.3 Å². The molecule has 0 amide bonds. The Morgan fingerprint density at radius 3 is 2.40 bits per heavy atom. The van der Waals surface area contributed by atoms with Crippen LogP contribution in [0.4, 0.5) is 0 Å². The molecule has 4 aliphatic rings. The van der Waals surface area contributed by atoms with Crippen LogP contribution in [0.25, 0.3) is 0 Å². The lowest BCUT2D eigenvalue weighted by Crippen LogP contribution is -2.28. The lowest BCUT2D eigenvalue weighted by molar-refractivity contribution is -0.140. The number of carbonyl (C=O) groups excluding carboxylic acids is 4. The molecule has 15 heteroatoms. The molecule has 3 heterocycles. The highest BCUT2D eigenvalue weighted by atomic mass is 16.6. The number of hydrogen-bond acceptors (Lipinski definition) is 13. The molecular weight excluding hydrogens is 684 g/mol. The zero-order valence-electron chi connectivity index (χ0n) is 28.6. The summed E-state index contributed by atoms with van der Waals surface area (Å²) >= 11 is 0. The van der Waals surface area contributed by atoms with Gasteiger partial charge in [0.1, 0.15) is 41.4 Å². The summed E-state index contributed by atoms with van der Waals surface area (Å²) in [4.78, 5) is 70.3. The maximum atomic E-state index is 12.9. The van der Waals surface area contributed by atoms with Crippen molar-refractivity contribution in [1.82, 2.24) is 0 Å². The third-order valence-electron chi connectivity index (χ3n) is 9.44. The lowest BCUT2D eigenvalue weighted by atomic mass is 9.84. The highest BCUT2D eigenvalue weighted by Gasteiger charge is 2.61. The Bertz CT molecular complexity index is 1990. The molecule has 4 N–H and O–H groups in total. The van der Waals surface area contributed by atoms with E-state index in [1.807, 2.05) is 0 Å². The van der Waals surface area contributed by atoms with E-state index >= 15 is 0 Å². The van der Waals surface area contributed by atoms with Crippen molar-refractivity contribution >= 4 is 36.1 Å². The quantitative estimate of drug-likeness (QED) is 0.0768. The van der Waals surface area contributed by atoms with Crippen LogP contribution in [0.2, 0.25) is 0 Å². The van der Waals surface area contributed by atoms with Crippen molar-refractivity contribution in [3.8, 4) is 28.7 Å². The average molecular weight is 721 g/mol. The second kappa shape index (κ2) is 14.3. The summed E-state index contributed by atoms with van der Waals surface area (Å²) < 4.78 is 27.2. The Morgan fingerprint density at radius 1 is 1.04 bits per heavy atom. The van der Waals surface area contributed by atoms with E-state index in [1.165, 1.54) is 19.4 Å². The molecule has 0 aromatic heterocycles. The minimum Gasteiger partial charge on any atom is -0.507 e. The minimum atomic E-state index is -1.60. The third kappa shape index (κ3) is 7.12. The van der Waals surface area contributed by atoms with Crippen molar-refractivity contribution in [3.63, 3.8) is 0 Å². The van der Waals surface area contributed by atoms with Gasteiger partial charge in [-0.25, -0.2) is 24.0 Å². The van der Waals surface area contributed by atoms with Crippen molar-refractivity contribution in [3.05, 3.63) is 75.4 Å². The number of aromatic carboxylic acids is 1. The number of epoxide rings is 1. The lowest BCUT2D eigenvalue weighted by Gasteiger charge is -2.19. The first-order valence-corrected chi connectivity index (χ1v) is 16.1. The summed E-state index contributed by atoms with van der Waals surface area (Å²) in [7, 11) is 0. The highest BCUT2D eigenvalue weighted by Crippen LogP contribution is 2.51. The zero-order valence-corrected chi connectivity index (χ0v) is 28.6. The third-order valence-corrected chi connectivity index (χ3v) is 9.44. The van der Waals surface area contributed by atoms with E-state index < -0.39 is 70.2 Å². The van der Waals surface area contributed by atoms with Gasteiger partial charge in [-0.05, 0) is 65.0 Å². The van der Waals surface area contributed by atoms with Crippen LogP contribution in [0.3, 0.4) is 0 Å². The van der Waals surface area contributed by atoms with E-state index in [0.29, 0.717) is 17.7 Å². The van der Waals surface area contributed by atoms with Crippen LogP contribution >= 0.6 is 0 Å². The number of allylic oxidation sites excluding steroid dienone is 2. The van der Waals surface area contributed by atoms with Gasteiger partial charge in [-0.3, -0.25) is 4.79 Å². The number of ether oxygens (including phenoxy) is 5. The molecular formula is C37H36O15. The molecule has 3 aliphatic heterocycles. The summed E-state index contributed by atoms with van der Waals surface area (Å²) in [6.07, 6.45) is 7.56. The number of aromatic hydroxyl groups is 2. The molecule has 2 aromatic rings. The number of rotatable bonds is 6. The number of carboxylic acids is 2. The fourth-order valence-corrected chi connectivity index (χ4v) is 6.52. The van der Waals surface area contributed by atoms with E-state index in [4.69, 9.17) is 28.8 Å². The average Bonchev–Trinajstić information content (AvgIpc) is 3.69. The fourth-order valence-electron chi connectivity index (χ4n) is 6.52. The summed E-state index contributed by atoms with van der Waals surface area (Å²) in [6, 6.07) is 1.13. The Labute approximate surface area is 296 Å². The van der Waals surface area contributed by atoms with E-state index in [-0.39, 0.29) is 58.4 Å². The Morgan fingerprint density at radius 2 is 1.75 bits per heavy atom. The molecule has 52 heavy (non-hydrogen) atoms. The molecule has 4 unspecified atom stereocenters. The van der Waals surface area contributed by atoms with Gasteiger partial charge in [-0.15, -0.1) is 0 Å². The van der Waals surface area contributed by atoms with Gasteiger partial charge < -0.3 is 44.1 Å². The molecule has 0 saturated carbocycles. The normalized spacial score (nSPS) is 23.0. The van der Waals surface area contributed by atoms with Gasteiger partial charge in [0.25, 0.3) is 0 Å². The molecule has 1 aliphatic carbocycles. The first-order valence-electron chi connectivity index (χ1n) is 16.1. The number of aldehydes is 1. The van der Waals surface area contributed by atoms with Gasteiger partial charge in [0.15, 0.2) is 23.5 Å². The predicted octanol–water partition coefficient (Wildman–Crippen LogP) is 5.00. The number of fused-ring (bicyclic) bond motifs is 5. The van der Waals surface area contributed by atoms with Crippen LogP contribution < -0.4 is 9.47 Å². The van der Waals surface area contributed by atoms with Gasteiger partial charge in [-0.1, -0.05) is 18.2 Å². The van der Waals surface area contributed by atoms with Crippen molar-refractivity contribution in [2.45, 2.75) is 77.8 Å². The van der Waals surface area contributed by atoms with Crippen LogP contribution in [-0.4, -0.2) is 74.4 Å². The van der Waals surface area contributed by atoms with Crippen LogP contribution in [0.15, 0.2) is 42.0 Å². The summed E-state index contributed by atoms with van der Waals surface area (Å²) in [6.45, 7) is 10.0. The van der Waals surface area contributed by atoms with Gasteiger partial charge in [-0.2, -0.15) is 0 Å². The van der Waals surface area contributed by atoms with E-state index in [9.17, 15) is 44.1 Å². The Balaban J connectivity index is 0.000000242. The Kier molecular flexibility index (Phi) is 10.3. The summed E-state index contributed by atoms with van der Waals surface area (Å²) in [5.41, 5.74) is 0.112. The van der Waals surface area contributed by atoms with E-state index in [0.717, 1.165) is 31.7 Å². The van der Waals surface area contributed by atoms with Crippen LogP contribution in [0, 0.1) is 19.8 Å². The van der Waals surface area contributed by atoms with Gasteiger partial charge in [0.2, 0.25) is 0 Å². The molecule has 2 saturated heterocycles. The molecule has 0 radical (unpaired) electrons. The van der Waals surface area contributed by atoms with Crippen molar-refractivity contribution in [2.75, 3.05) is 0 Å². The second-order valence-corrected chi connectivity index (χ2v) is 13.0. The first kappa shape index (κ1) is 37.3. The van der Waals surface area contributed by atoms with Crippen molar-refractivity contribution in [1.29, 1.82) is 0 Å². The molecule has 15 nitrogen and oxygen atoms in total. The largest absolute Gasteiger partial charge is 0.507 e. The van der Waals surface area contributed by atoms with E-state index in [1.54, 1.807) is 0 Å². The van der Waals surface area contributed by atoms with Gasteiger partial charge >= 0.3 is 29.8 Å². The number of benzene rings is 2. The fraction of sp³-hybridized carbons (Fsp3) is 0.351. The summed E-state index contributed by atoms with van der Waals surface area (Å²) in [5.74, 6) is -8.01. The maximum Gasteiger partial charge on any atom is 0.347 e. The Hall–Kier alpha value is -5.96. The topological polar surface area (TPSA) is 233 Å².